The summed E-state index contributed by atoms with van der Waals surface area (Å²) >= 11 is 7.98. The van der Waals surface area contributed by atoms with E-state index in [9.17, 15) is 4.79 Å². The highest BCUT2D eigenvalue weighted by Gasteiger charge is 2.28. The van der Waals surface area contributed by atoms with Crippen molar-refractivity contribution in [2.75, 3.05) is 0 Å². The third-order valence-corrected chi connectivity index (χ3v) is 3.62. The van der Waals surface area contributed by atoms with Crippen LogP contribution in [0.2, 0.25) is 5.02 Å². The maximum atomic E-state index is 11.1. The molecule has 2 N–H and O–H groups in total. The molecule has 15 heavy (non-hydrogen) atoms. The summed E-state index contributed by atoms with van der Waals surface area (Å²) < 4.78 is 6.28. The maximum Gasteiger partial charge on any atom is 0.261 e. The van der Waals surface area contributed by atoms with Gasteiger partial charge in [0.2, 0.25) is 0 Å². The smallest absolute Gasteiger partial charge is 0.261 e. The molecule has 0 aliphatic heterocycles. The zero-order chi connectivity index (χ0) is 11.6. The molecule has 0 unspecified atom stereocenters. The number of hydrogen-bond acceptors (Lipinski definition) is 2. The number of nitrogens with two attached hydrogens (primary N) is 1. The zero-order valence-electron chi connectivity index (χ0n) is 8.38. The van der Waals surface area contributed by atoms with Crippen LogP contribution in [0.3, 0.4) is 0 Å². The van der Waals surface area contributed by atoms with E-state index in [0.29, 0.717) is 10.8 Å². The minimum absolute atomic E-state index is 0.515. The fourth-order valence-electron chi connectivity index (χ4n) is 0.888. The van der Waals surface area contributed by atoms with Gasteiger partial charge in [-0.3, -0.25) is 4.79 Å². The van der Waals surface area contributed by atoms with Gasteiger partial charge in [0, 0.05) is 0 Å². The molecule has 1 aromatic carbocycles. The van der Waals surface area contributed by atoms with Crippen LogP contribution in [0.25, 0.3) is 0 Å². The van der Waals surface area contributed by atoms with Crippen molar-refractivity contribution in [2.24, 2.45) is 5.73 Å². The first-order chi connectivity index (χ1) is 6.84. The van der Waals surface area contributed by atoms with E-state index in [2.05, 4.69) is 22.6 Å². The number of primary amides is 1. The van der Waals surface area contributed by atoms with Crippen LogP contribution < -0.4 is 10.5 Å². The van der Waals surface area contributed by atoms with Crippen LogP contribution in [0.15, 0.2) is 18.2 Å². The Morgan fingerprint density at radius 3 is 2.67 bits per heavy atom. The number of amides is 1. The average molecular weight is 340 g/mol. The molecule has 5 heteroatoms. The summed E-state index contributed by atoms with van der Waals surface area (Å²) in [6.45, 7) is 3.23. The summed E-state index contributed by atoms with van der Waals surface area (Å²) in [5.74, 6) is 0.0465. The first kappa shape index (κ1) is 12.6. The lowest BCUT2D eigenvalue weighted by Crippen LogP contribution is -2.43. The van der Waals surface area contributed by atoms with Crippen molar-refractivity contribution in [1.82, 2.24) is 0 Å². The minimum Gasteiger partial charge on any atom is -0.477 e. The summed E-state index contributed by atoms with van der Waals surface area (Å²) in [4.78, 5) is 11.1. The monoisotopic (exact) mass is 339 g/mol. The molecule has 0 radical (unpaired) electrons. The van der Waals surface area contributed by atoms with Crippen LogP contribution in [-0.2, 0) is 4.79 Å². The molecule has 0 fully saturated rings. The molecule has 1 rings (SSSR count). The summed E-state index contributed by atoms with van der Waals surface area (Å²) in [6, 6.07) is 5.27. The standard InChI is InChI=1S/C10H11ClINO2/c1-10(2,9(13)14)15-7-5-3-4-6(11)8(7)12/h3-5H,1-2H3,(H2,13,14). The van der Waals surface area contributed by atoms with Gasteiger partial charge >= 0.3 is 0 Å². The molecule has 0 spiro atoms. The van der Waals surface area contributed by atoms with Gasteiger partial charge in [0.25, 0.3) is 5.91 Å². The molecule has 0 saturated carbocycles. The van der Waals surface area contributed by atoms with Crippen LogP contribution >= 0.6 is 34.2 Å². The van der Waals surface area contributed by atoms with Gasteiger partial charge in [-0.2, -0.15) is 0 Å². The Kier molecular flexibility index (Phi) is 3.83. The molecule has 3 nitrogen and oxygen atoms in total. The van der Waals surface area contributed by atoms with Crippen LogP contribution in [0.4, 0.5) is 0 Å². The molecule has 0 aromatic heterocycles. The Bertz CT molecular complexity index is 393. The SMILES string of the molecule is CC(C)(Oc1cccc(Cl)c1I)C(N)=O. The number of hydrogen-bond donors (Lipinski definition) is 1. The van der Waals surface area contributed by atoms with Gasteiger partial charge < -0.3 is 10.5 Å². The lowest BCUT2D eigenvalue weighted by molar-refractivity contribution is -0.130. The molecule has 0 aliphatic carbocycles. The number of carbonyl (C=O) groups is 1. The Morgan fingerprint density at radius 2 is 2.13 bits per heavy atom. The molecular weight excluding hydrogens is 328 g/mol. The molecular formula is C10H11ClINO2. The van der Waals surface area contributed by atoms with Crippen molar-refractivity contribution in [2.45, 2.75) is 19.4 Å². The predicted molar refractivity (Wildman–Crippen MR) is 68.1 cm³/mol. The van der Waals surface area contributed by atoms with Gasteiger partial charge in [-0.25, -0.2) is 0 Å². The second kappa shape index (κ2) is 4.57. The number of carbonyl (C=O) groups excluding carboxylic acids is 1. The van der Waals surface area contributed by atoms with Crippen molar-refractivity contribution >= 4 is 40.1 Å². The van der Waals surface area contributed by atoms with Crippen molar-refractivity contribution in [3.63, 3.8) is 0 Å². The van der Waals surface area contributed by atoms with E-state index >= 15 is 0 Å². The normalized spacial score (nSPS) is 11.2. The molecule has 82 valence electrons. The van der Waals surface area contributed by atoms with Gasteiger partial charge in [0.1, 0.15) is 5.75 Å². The summed E-state index contributed by atoms with van der Waals surface area (Å²) in [5, 5.41) is 0.591. The third-order valence-electron chi connectivity index (χ3n) is 1.87. The largest absolute Gasteiger partial charge is 0.477 e. The second-order valence-electron chi connectivity index (χ2n) is 3.53. The van der Waals surface area contributed by atoms with Gasteiger partial charge in [-0.1, -0.05) is 17.7 Å². The Hall–Kier alpha value is -0.490. The van der Waals surface area contributed by atoms with E-state index in [1.807, 2.05) is 0 Å². The van der Waals surface area contributed by atoms with E-state index in [1.165, 1.54) is 0 Å². The zero-order valence-corrected chi connectivity index (χ0v) is 11.3. The number of halogens is 2. The number of ether oxygens (including phenoxy) is 1. The number of rotatable bonds is 3. The fraction of sp³-hybridized carbons (Fsp3) is 0.300. The topological polar surface area (TPSA) is 52.3 Å². The van der Waals surface area contributed by atoms with Crippen LogP contribution in [0.1, 0.15) is 13.8 Å². The quantitative estimate of drug-likeness (QED) is 0.861. The highest BCUT2D eigenvalue weighted by Crippen LogP contribution is 2.30. The van der Waals surface area contributed by atoms with Crippen LogP contribution in [0, 0.1) is 3.57 Å². The third kappa shape index (κ3) is 2.98. The summed E-state index contributed by atoms with van der Waals surface area (Å²) in [6.07, 6.45) is 0. The fourth-order valence-corrected chi connectivity index (χ4v) is 1.52. The molecule has 0 heterocycles. The molecule has 0 saturated heterocycles. The first-order valence-electron chi connectivity index (χ1n) is 4.27. The van der Waals surface area contributed by atoms with Crippen molar-refractivity contribution in [3.8, 4) is 5.75 Å². The van der Waals surface area contributed by atoms with Crippen molar-refractivity contribution in [3.05, 3.63) is 26.8 Å². The van der Waals surface area contributed by atoms with Gasteiger partial charge in [0.05, 0.1) is 8.59 Å². The first-order valence-corrected chi connectivity index (χ1v) is 5.73. The molecule has 0 atom stereocenters. The molecule has 0 aliphatic rings. The highest BCUT2D eigenvalue weighted by atomic mass is 127. The molecule has 1 amide bonds. The Balaban J connectivity index is 3.00. The van der Waals surface area contributed by atoms with E-state index < -0.39 is 11.5 Å². The minimum atomic E-state index is -1.04. The van der Waals surface area contributed by atoms with Crippen molar-refractivity contribution in [1.29, 1.82) is 0 Å². The van der Waals surface area contributed by atoms with Gasteiger partial charge in [-0.05, 0) is 48.6 Å². The lowest BCUT2D eigenvalue weighted by Gasteiger charge is -2.23. The van der Waals surface area contributed by atoms with Gasteiger partial charge in [-0.15, -0.1) is 0 Å². The molecule has 0 bridgehead atoms. The highest BCUT2D eigenvalue weighted by molar-refractivity contribution is 14.1. The Morgan fingerprint density at radius 1 is 1.53 bits per heavy atom. The average Bonchev–Trinajstić information content (AvgIpc) is 2.12. The predicted octanol–water partition coefficient (Wildman–Crippen LogP) is 2.59. The second-order valence-corrected chi connectivity index (χ2v) is 5.01. The summed E-state index contributed by atoms with van der Waals surface area (Å²) in [5.41, 5.74) is 4.17. The van der Waals surface area contributed by atoms with E-state index in [1.54, 1.807) is 32.0 Å². The maximum absolute atomic E-state index is 11.1. The Labute approximate surface area is 107 Å². The van der Waals surface area contributed by atoms with E-state index in [0.717, 1.165) is 3.57 Å². The van der Waals surface area contributed by atoms with Crippen LogP contribution in [-0.4, -0.2) is 11.5 Å². The van der Waals surface area contributed by atoms with E-state index in [4.69, 9.17) is 22.1 Å². The van der Waals surface area contributed by atoms with Crippen LogP contribution in [0.5, 0.6) is 5.75 Å². The lowest BCUT2D eigenvalue weighted by atomic mass is 10.1. The molecule has 1 aromatic rings. The van der Waals surface area contributed by atoms with Gasteiger partial charge in [0.15, 0.2) is 5.60 Å². The summed E-state index contributed by atoms with van der Waals surface area (Å²) in [7, 11) is 0. The van der Waals surface area contributed by atoms with Crippen molar-refractivity contribution < 1.29 is 9.53 Å². The number of benzene rings is 1. The van der Waals surface area contributed by atoms with E-state index in [-0.39, 0.29) is 0 Å².